The molecule has 0 fully saturated rings. The van der Waals surface area contributed by atoms with E-state index in [0.29, 0.717) is 0 Å². The van der Waals surface area contributed by atoms with Crippen LogP contribution in [0.4, 0.5) is 0 Å². The van der Waals surface area contributed by atoms with Crippen molar-refractivity contribution in [2.45, 2.75) is 6.92 Å². The third kappa shape index (κ3) is 4.51. The van der Waals surface area contributed by atoms with Crippen molar-refractivity contribution in [3.63, 3.8) is 0 Å². The molecule has 0 aliphatic rings. The first-order valence-electron chi connectivity index (χ1n) is 4.35. The molecule has 1 N–H and O–H groups in total. The monoisotopic (exact) mass is 262 g/mol. The predicted octanol–water partition coefficient (Wildman–Crippen LogP) is 1.02. The number of ether oxygens (including phenoxy) is 1. The van der Waals surface area contributed by atoms with Crippen LogP contribution in [-0.2, 0) is 14.1 Å². The van der Waals surface area contributed by atoms with E-state index in [2.05, 4.69) is 17.3 Å². The van der Waals surface area contributed by atoms with Crippen LogP contribution in [0.3, 0.4) is 0 Å². The lowest BCUT2D eigenvalue weighted by Gasteiger charge is -2.14. The maximum Gasteiger partial charge on any atom is 0.533 e. The first kappa shape index (κ1) is 14.8. The summed E-state index contributed by atoms with van der Waals surface area (Å²) in [6, 6.07) is 1.71. The summed E-state index contributed by atoms with van der Waals surface area (Å²) < 4.78 is 15.6. The molecule has 8 heteroatoms. The first-order chi connectivity index (χ1) is 7.43. The Kier molecular flexibility index (Phi) is 6.54. The van der Waals surface area contributed by atoms with Gasteiger partial charge in [-0.1, -0.05) is 0 Å². The van der Waals surface area contributed by atoms with E-state index in [0.717, 1.165) is 0 Å². The van der Waals surface area contributed by atoms with Gasteiger partial charge in [-0.25, -0.2) is 4.79 Å². The zero-order chi connectivity index (χ0) is 12.7. The molecular weight excluding hydrogens is 249 g/mol. The second-order valence-corrected chi connectivity index (χ2v) is 4.69. The molecule has 0 aromatic heterocycles. The fraction of sp³-hybridized carbons (Fsp3) is 0.500. The lowest BCUT2D eigenvalue weighted by molar-refractivity contribution is -0.138. The second-order valence-electron chi connectivity index (χ2n) is 2.84. The Balaban J connectivity index is 5.25. The van der Waals surface area contributed by atoms with Gasteiger partial charge in [-0.3, -0.25) is 0 Å². The zero-order valence-electron chi connectivity index (χ0n) is 9.22. The molecule has 0 amide bonds. The Morgan fingerprint density at radius 1 is 1.62 bits per heavy atom. The van der Waals surface area contributed by atoms with Crippen molar-refractivity contribution < 1.29 is 14.1 Å². The molecule has 0 bridgehead atoms. The molecule has 0 aromatic rings. The van der Waals surface area contributed by atoms with Gasteiger partial charge in [0.1, 0.15) is 18.3 Å². The van der Waals surface area contributed by atoms with Gasteiger partial charge in [-0.15, -0.1) is 0 Å². The normalized spacial score (nSPS) is 12.1. The Bertz CT molecular complexity index is 362. The number of thiol groups is 1. The van der Waals surface area contributed by atoms with Crippen molar-refractivity contribution in [2.75, 3.05) is 20.7 Å². The van der Waals surface area contributed by atoms with Crippen LogP contribution in [-0.4, -0.2) is 31.6 Å². The molecule has 0 saturated carbocycles. The Hall–Kier alpha value is -1.25. The van der Waals surface area contributed by atoms with Crippen molar-refractivity contribution in [2.24, 2.45) is 0 Å². The van der Waals surface area contributed by atoms with E-state index in [9.17, 15) is 9.36 Å². The minimum Gasteiger partial charge on any atom is -0.462 e. The third-order valence-corrected chi connectivity index (χ3v) is 2.18. The van der Waals surface area contributed by atoms with Crippen LogP contribution in [0.2, 0.25) is 0 Å². The summed E-state index contributed by atoms with van der Waals surface area (Å²) in [5.74, 6) is -0.636. The smallest absolute Gasteiger partial charge is 0.462 e. The molecule has 16 heavy (non-hydrogen) atoms. The van der Waals surface area contributed by atoms with Crippen LogP contribution in [0.5, 0.6) is 0 Å². The van der Waals surface area contributed by atoms with Gasteiger partial charge in [0.15, 0.2) is 11.4 Å². The maximum atomic E-state index is 11.4. The highest BCUT2D eigenvalue weighted by molar-refractivity contribution is 8.40. The quantitative estimate of drug-likeness (QED) is 0.253. The van der Waals surface area contributed by atoms with Gasteiger partial charge in [-0.05, 0) is 11.5 Å². The minimum absolute atomic E-state index is 0.122. The van der Waals surface area contributed by atoms with E-state index in [1.165, 1.54) is 4.90 Å². The molecule has 0 aliphatic heterocycles. The molecule has 88 valence electrons. The molecule has 0 spiro atoms. The highest BCUT2D eigenvalue weighted by atomic mass is 32.7. The number of nitrogens with zero attached hydrogens (tertiary/aromatic N) is 2. The van der Waals surface area contributed by atoms with E-state index >= 15 is 0 Å². The average Bonchev–Trinajstić information content (AvgIpc) is 2.17. The topological polar surface area (TPSA) is 82.4 Å². The predicted molar refractivity (Wildman–Crippen MR) is 62.7 cm³/mol. The number of carbonyl (C=O) groups excluding carboxylic acids is 1. The SMILES string of the molecule is CCOC(=O)C(C#N)=C(N[P+](=O)S)N(C)C. The Labute approximate surface area is 100 Å². The molecule has 1 atom stereocenters. The molecule has 0 aliphatic carbocycles. The highest BCUT2D eigenvalue weighted by Gasteiger charge is 2.23. The van der Waals surface area contributed by atoms with Crippen LogP contribution < -0.4 is 5.09 Å². The van der Waals surface area contributed by atoms with E-state index in [1.54, 1.807) is 27.1 Å². The van der Waals surface area contributed by atoms with Crippen LogP contribution in [0.25, 0.3) is 0 Å². The number of rotatable bonds is 5. The maximum absolute atomic E-state index is 11.4. The number of hydrogen-bond donors (Lipinski definition) is 2. The number of hydrogen-bond acceptors (Lipinski definition) is 5. The second kappa shape index (κ2) is 7.09. The Morgan fingerprint density at radius 2 is 2.19 bits per heavy atom. The third-order valence-electron chi connectivity index (χ3n) is 1.48. The molecule has 6 nitrogen and oxygen atoms in total. The van der Waals surface area contributed by atoms with Crippen LogP contribution in [0.1, 0.15) is 6.92 Å². The number of esters is 1. The molecule has 0 rings (SSSR count). The summed E-state index contributed by atoms with van der Waals surface area (Å²) in [6.45, 7) is 1.80. The number of nitrogens with one attached hydrogen (secondary N) is 1. The first-order valence-corrected chi connectivity index (χ1v) is 6.76. The highest BCUT2D eigenvalue weighted by Crippen LogP contribution is 2.23. The van der Waals surface area contributed by atoms with Crippen molar-refractivity contribution >= 4 is 25.4 Å². The molecule has 0 saturated heterocycles. The molecule has 1 unspecified atom stereocenters. The van der Waals surface area contributed by atoms with Crippen molar-refractivity contribution in [3.05, 3.63) is 11.4 Å². The largest absolute Gasteiger partial charge is 0.533 e. The van der Waals surface area contributed by atoms with Gasteiger partial charge in [0, 0.05) is 14.1 Å². The van der Waals surface area contributed by atoms with Crippen molar-refractivity contribution in [1.82, 2.24) is 9.99 Å². The number of nitriles is 1. The van der Waals surface area contributed by atoms with E-state index in [4.69, 9.17) is 10.00 Å². The van der Waals surface area contributed by atoms with E-state index < -0.39 is 13.1 Å². The van der Waals surface area contributed by atoms with Gasteiger partial charge in [0.2, 0.25) is 0 Å². The van der Waals surface area contributed by atoms with Crippen molar-refractivity contribution in [3.8, 4) is 6.07 Å². The fourth-order valence-corrected chi connectivity index (χ4v) is 1.65. The van der Waals surface area contributed by atoms with Gasteiger partial charge in [-0.2, -0.15) is 10.3 Å². The summed E-state index contributed by atoms with van der Waals surface area (Å²) in [7, 11) is 1.20. The standard InChI is InChI=1S/C8H12N3O3PS/c1-4-14-8(12)6(5-9)7(11(2)3)10-15(13)16/h4H2,1-3H3,(H-,10,12,13,16)/p+1. The van der Waals surface area contributed by atoms with Gasteiger partial charge in [0.05, 0.1) is 6.61 Å². The van der Waals surface area contributed by atoms with Crippen molar-refractivity contribution in [1.29, 1.82) is 5.26 Å². The molecule has 0 radical (unpaired) electrons. The van der Waals surface area contributed by atoms with Gasteiger partial charge < -0.3 is 9.64 Å². The fourth-order valence-electron chi connectivity index (χ4n) is 0.869. The summed E-state index contributed by atoms with van der Waals surface area (Å²) in [5, 5.41) is 11.3. The zero-order valence-corrected chi connectivity index (χ0v) is 11.0. The summed E-state index contributed by atoms with van der Waals surface area (Å²) in [6.07, 6.45) is 0. The van der Waals surface area contributed by atoms with Gasteiger partial charge in [0.25, 0.3) is 0 Å². The van der Waals surface area contributed by atoms with E-state index in [-0.39, 0.29) is 18.0 Å². The Morgan fingerprint density at radius 3 is 2.50 bits per heavy atom. The lowest BCUT2D eigenvalue weighted by Crippen LogP contribution is -2.25. The average molecular weight is 262 g/mol. The molecule has 0 heterocycles. The molecule has 0 aromatic carbocycles. The summed E-state index contributed by atoms with van der Waals surface area (Å²) in [5.41, 5.74) is -0.232. The van der Waals surface area contributed by atoms with Crippen LogP contribution >= 0.6 is 19.4 Å². The van der Waals surface area contributed by atoms with Crippen LogP contribution in [0.15, 0.2) is 11.4 Å². The van der Waals surface area contributed by atoms with Gasteiger partial charge >= 0.3 is 13.1 Å². The molecular formula is C8H13N3O3PS+. The van der Waals surface area contributed by atoms with Crippen LogP contribution in [0, 0.1) is 11.3 Å². The summed E-state index contributed by atoms with van der Waals surface area (Å²) in [4.78, 5) is 12.9. The summed E-state index contributed by atoms with van der Waals surface area (Å²) >= 11 is 3.66. The van der Waals surface area contributed by atoms with E-state index in [1.807, 2.05) is 0 Å². The lowest BCUT2D eigenvalue weighted by atomic mass is 10.3. The minimum atomic E-state index is -2.01. The number of carbonyl (C=O) groups is 1.